The number of rotatable bonds is 4. The second-order valence-corrected chi connectivity index (χ2v) is 4.24. The minimum Gasteiger partial charge on any atom is -0.396 e. The van der Waals surface area contributed by atoms with E-state index in [2.05, 4.69) is 0 Å². The molecule has 0 heterocycles. The van der Waals surface area contributed by atoms with Crippen LogP contribution in [-0.4, -0.2) is 22.9 Å². The van der Waals surface area contributed by atoms with E-state index in [1.165, 1.54) is 19.3 Å². The molecule has 0 aromatic heterocycles. The average molecular weight is 186 g/mol. The topological polar surface area (TPSA) is 40.5 Å². The van der Waals surface area contributed by atoms with Crippen molar-refractivity contribution in [1.82, 2.24) is 0 Å². The molecule has 1 saturated carbocycles. The zero-order chi connectivity index (χ0) is 9.68. The summed E-state index contributed by atoms with van der Waals surface area (Å²) in [6.07, 6.45) is 6.74. The van der Waals surface area contributed by atoms with Crippen molar-refractivity contribution in [3.63, 3.8) is 0 Å². The highest BCUT2D eigenvalue weighted by atomic mass is 16.3. The first-order chi connectivity index (χ1) is 6.29. The molecule has 78 valence electrons. The van der Waals surface area contributed by atoms with Gasteiger partial charge in [-0.25, -0.2) is 0 Å². The maximum absolute atomic E-state index is 9.97. The molecule has 0 unspecified atom stereocenters. The van der Waals surface area contributed by atoms with Gasteiger partial charge in [0.15, 0.2) is 0 Å². The van der Waals surface area contributed by atoms with Crippen LogP contribution in [0.5, 0.6) is 0 Å². The minimum atomic E-state index is -0.268. The van der Waals surface area contributed by atoms with Gasteiger partial charge in [-0.05, 0) is 25.2 Å². The highest BCUT2D eigenvalue weighted by Gasteiger charge is 2.27. The van der Waals surface area contributed by atoms with Gasteiger partial charge in [-0.15, -0.1) is 0 Å². The fourth-order valence-electron chi connectivity index (χ4n) is 2.34. The smallest absolute Gasteiger partial charge is 0.0618 e. The number of aliphatic hydroxyl groups excluding tert-OH is 2. The number of hydrogen-bond donors (Lipinski definition) is 2. The lowest BCUT2D eigenvalue weighted by molar-refractivity contribution is 0.00796. The van der Waals surface area contributed by atoms with E-state index < -0.39 is 0 Å². The first-order valence-electron chi connectivity index (χ1n) is 5.58. The number of hydrogen-bond acceptors (Lipinski definition) is 2. The van der Waals surface area contributed by atoms with Crippen LogP contribution < -0.4 is 0 Å². The normalized spacial score (nSPS) is 24.2. The monoisotopic (exact) mass is 186 g/mol. The van der Waals surface area contributed by atoms with Crippen molar-refractivity contribution >= 4 is 0 Å². The Morgan fingerprint density at radius 3 is 2.31 bits per heavy atom. The molecule has 2 heteroatoms. The van der Waals surface area contributed by atoms with E-state index in [1.807, 2.05) is 6.92 Å². The molecule has 0 radical (unpaired) electrons. The quantitative estimate of drug-likeness (QED) is 0.704. The Labute approximate surface area is 81.0 Å². The summed E-state index contributed by atoms with van der Waals surface area (Å²) < 4.78 is 0. The third-order valence-electron chi connectivity index (χ3n) is 3.37. The molecule has 2 N–H and O–H groups in total. The third kappa shape index (κ3) is 2.96. The van der Waals surface area contributed by atoms with E-state index in [0.29, 0.717) is 5.92 Å². The summed E-state index contributed by atoms with van der Waals surface area (Å²) in [5, 5.41) is 19.0. The van der Waals surface area contributed by atoms with Gasteiger partial charge >= 0.3 is 0 Å². The summed E-state index contributed by atoms with van der Waals surface area (Å²) in [5.41, 5.74) is 0. The lowest BCUT2D eigenvalue weighted by Gasteiger charge is -2.30. The Hall–Kier alpha value is -0.0800. The van der Waals surface area contributed by atoms with Crippen LogP contribution in [0.15, 0.2) is 0 Å². The second-order valence-electron chi connectivity index (χ2n) is 4.24. The maximum Gasteiger partial charge on any atom is 0.0618 e. The van der Waals surface area contributed by atoms with Crippen LogP contribution in [0.2, 0.25) is 0 Å². The summed E-state index contributed by atoms with van der Waals surface area (Å²) in [6, 6.07) is 0. The van der Waals surface area contributed by atoms with Crippen molar-refractivity contribution < 1.29 is 10.2 Å². The molecular weight excluding hydrogens is 164 g/mol. The van der Waals surface area contributed by atoms with Crippen LogP contribution in [-0.2, 0) is 0 Å². The molecule has 1 rings (SSSR count). The summed E-state index contributed by atoms with van der Waals surface area (Å²) in [4.78, 5) is 0. The molecule has 1 aliphatic carbocycles. The molecule has 13 heavy (non-hydrogen) atoms. The molecule has 0 aromatic carbocycles. The van der Waals surface area contributed by atoms with Crippen LogP contribution in [0.3, 0.4) is 0 Å². The van der Waals surface area contributed by atoms with E-state index in [4.69, 9.17) is 5.11 Å². The Bertz CT molecular complexity index is 126. The number of aliphatic hydroxyl groups is 2. The molecule has 1 aliphatic rings. The highest BCUT2D eigenvalue weighted by molar-refractivity contribution is 4.78. The molecule has 0 aliphatic heterocycles. The molecule has 0 bridgehead atoms. The van der Waals surface area contributed by atoms with Gasteiger partial charge in [-0.1, -0.05) is 26.2 Å². The molecule has 0 saturated heterocycles. The van der Waals surface area contributed by atoms with Crippen LogP contribution in [0.1, 0.15) is 45.4 Å². The van der Waals surface area contributed by atoms with Crippen LogP contribution in [0.4, 0.5) is 0 Å². The largest absolute Gasteiger partial charge is 0.396 e. The van der Waals surface area contributed by atoms with Crippen molar-refractivity contribution in [2.45, 2.75) is 51.6 Å². The average Bonchev–Trinajstić information content (AvgIpc) is 2.21. The lowest BCUT2D eigenvalue weighted by Crippen LogP contribution is -2.32. The Morgan fingerprint density at radius 1 is 1.23 bits per heavy atom. The third-order valence-corrected chi connectivity index (χ3v) is 3.37. The van der Waals surface area contributed by atoms with Gasteiger partial charge in [-0.3, -0.25) is 0 Å². The Morgan fingerprint density at radius 2 is 1.85 bits per heavy atom. The van der Waals surface area contributed by atoms with Gasteiger partial charge in [0.1, 0.15) is 0 Å². The summed E-state index contributed by atoms with van der Waals surface area (Å²) in [5.74, 6) is 0.550. The second kappa shape index (κ2) is 5.61. The van der Waals surface area contributed by atoms with E-state index in [9.17, 15) is 5.11 Å². The van der Waals surface area contributed by atoms with Gasteiger partial charge in [0.05, 0.1) is 6.10 Å². The molecule has 2 nitrogen and oxygen atoms in total. The van der Waals surface area contributed by atoms with Crippen molar-refractivity contribution in [2.24, 2.45) is 11.8 Å². The molecule has 2 atom stereocenters. The van der Waals surface area contributed by atoms with E-state index >= 15 is 0 Å². The summed E-state index contributed by atoms with van der Waals surface area (Å²) >= 11 is 0. The zero-order valence-electron chi connectivity index (χ0n) is 8.58. The fourth-order valence-corrected chi connectivity index (χ4v) is 2.34. The van der Waals surface area contributed by atoms with E-state index in [0.717, 1.165) is 19.3 Å². The molecule has 0 amide bonds. The summed E-state index contributed by atoms with van der Waals surface area (Å²) in [6.45, 7) is 2.17. The first-order valence-corrected chi connectivity index (χ1v) is 5.58. The maximum atomic E-state index is 9.97. The van der Waals surface area contributed by atoms with Gasteiger partial charge in [-0.2, -0.15) is 0 Å². The predicted octanol–water partition coefficient (Wildman–Crippen LogP) is 1.95. The van der Waals surface area contributed by atoms with Gasteiger partial charge in [0.25, 0.3) is 0 Å². The standard InChI is InChI=1S/C11H22O2/c1-2-9(8-12)11(13)10-6-4-3-5-7-10/h9-13H,2-8H2,1H3/t9-,11-/m0/s1. The van der Waals surface area contributed by atoms with Crippen molar-refractivity contribution in [2.75, 3.05) is 6.61 Å². The van der Waals surface area contributed by atoms with Crippen LogP contribution in [0.25, 0.3) is 0 Å². The van der Waals surface area contributed by atoms with Crippen molar-refractivity contribution in [3.05, 3.63) is 0 Å². The van der Waals surface area contributed by atoms with Gasteiger partial charge in [0.2, 0.25) is 0 Å². The lowest BCUT2D eigenvalue weighted by atomic mass is 9.80. The molecule has 0 aromatic rings. The van der Waals surface area contributed by atoms with Crippen LogP contribution in [0, 0.1) is 11.8 Å². The van der Waals surface area contributed by atoms with Crippen molar-refractivity contribution in [3.8, 4) is 0 Å². The highest BCUT2D eigenvalue weighted by Crippen LogP contribution is 2.30. The molecule has 0 spiro atoms. The molecular formula is C11H22O2. The zero-order valence-corrected chi connectivity index (χ0v) is 8.58. The van der Waals surface area contributed by atoms with Crippen LogP contribution >= 0.6 is 0 Å². The Balaban J connectivity index is 2.38. The van der Waals surface area contributed by atoms with Crippen molar-refractivity contribution in [1.29, 1.82) is 0 Å². The SMILES string of the molecule is CC[C@@H](CO)[C@H](O)C1CCCCC1. The first kappa shape index (κ1) is 11.0. The Kier molecular flexibility index (Phi) is 4.74. The molecule has 1 fully saturated rings. The van der Waals surface area contributed by atoms with Gasteiger partial charge in [0, 0.05) is 12.5 Å². The van der Waals surface area contributed by atoms with E-state index in [1.54, 1.807) is 0 Å². The minimum absolute atomic E-state index is 0.100. The van der Waals surface area contributed by atoms with Gasteiger partial charge < -0.3 is 10.2 Å². The van der Waals surface area contributed by atoms with E-state index in [-0.39, 0.29) is 18.6 Å². The summed E-state index contributed by atoms with van der Waals surface area (Å²) in [7, 11) is 0. The fraction of sp³-hybridized carbons (Fsp3) is 1.00. The predicted molar refractivity (Wildman–Crippen MR) is 53.4 cm³/mol.